The third-order valence-electron chi connectivity index (χ3n) is 5.20. The Hall–Kier alpha value is -2.71. The van der Waals surface area contributed by atoms with Crippen LogP contribution in [-0.2, 0) is 4.79 Å². The fourth-order valence-corrected chi connectivity index (χ4v) is 5.57. The Morgan fingerprint density at radius 1 is 1.13 bits per heavy atom. The number of aromatic nitrogens is 3. The topological polar surface area (TPSA) is 68.2 Å². The van der Waals surface area contributed by atoms with Crippen molar-refractivity contribution in [2.45, 2.75) is 23.3 Å². The van der Waals surface area contributed by atoms with Crippen molar-refractivity contribution in [2.24, 2.45) is 0 Å². The van der Waals surface area contributed by atoms with Crippen LogP contribution in [0.25, 0.3) is 21.0 Å². The van der Waals surface area contributed by atoms with Gasteiger partial charge in [0.1, 0.15) is 6.10 Å². The standard InChI is InChI=1S/C22H20N4O2S2/c27-20(14-29-22-24-18-7-3-4-8-19(18)30-22)26-11-9-16(10-12-26)28-21-17-6-2-1-5-15(17)13-23-25-21/h1-8,13,16H,9-12,14H2. The normalized spacial score (nSPS) is 15.0. The molecule has 0 radical (unpaired) electrons. The molecule has 0 bridgehead atoms. The molecular weight excluding hydrogens is 416 g/mol. The van der Waals surface area contributed by atoms with Gasteiger partial charge in [-0.2, -0.15) is 5.10 Å². The Morgan fingerprint density at radius 2 is 1.93 bits per heavy atom. The van der Waals surface area contributed by atoms with Gasteiger partial charge in [-0.1, -0.05) is 42.1 Å². The van der Waals surface area contributed by atoms with Crippen molar-refractivity contribution >= 4 is 50.0 Å². The Labute approximate surface area is 182 Å². The number of rotatable bonds is 5. The van der Waals surface area contributed by atoms with Crippen molar-refractivity contribution in [1.82, 2.24) is 20.1 Å². The highest BCUT2D eigenvalue weighted by Crippen LogP contribution is 2.30. The van der Waals surface area contributed by atoms with Gasteiger partial charge in [0.15, 0.2) is 4.34 Å². The molecule has 1 aliphatic rings. The summed E-state index contributed by atoms with van der Waals surface area (Å²) in [6.07, 6.45) is 3.38. The summed E-state index contributed by atoms with van der Waals surface area (Å²) in [7, 11) is 0. The van der Waals surface area contributed by atoms with Crippen LogP contribution in [0.1, 0.15) is 12.8 Å². The smallest absolute Gasteiger partial charge is 0.241 e. The molecule has 0 N–H and O–H groups in total. The summed E-state index contributed by atoms with van der Waals surface area (Å²) in [6, 6.07) is 16.0. The lowest BCUT2D eigenvalue weighted by molar-refractivity contribution is -0.130. The highest BCUT2D eigenvalue weighted by atomic mass is 32.2. The van der Waals surface area contributed by atoms with Gasteiger partial charge in [-0.25, -0.2) is 4.98 Å². The molecule has 6 nitrogen and oxygen atoms in total. The van der Waals surface area contributed by atoms with Crippen molar-refractivity contribution in [3.05, 3.63) is 54.7 Å². The maximum Gasteiger partial charge on any atom is 0.241 e. The molecule has 3 heterocycles. The molecule has 2 aromatic heterocycles. The van der Waals surface area contributed by atoms with Crippen LogP contribution in [0, 0.1) is 0 Å². The number of nitrogens with zero attached hydrogens (tertiary/aromatic N) is 4. The number of hydrogen-bond acceptors (Lipinski definition) is 7. The lowest BCUT2D eigenvalue weighted by Crippen LogP contribution is -2.42. The van der Waals surface area contributed by atoms with Gasteiger partial charge >= 0.3 is 0 Å². The summed E-state index contributed by atoms with van der Waals surface area (Å²) >= 11 is 3.16. The van der Waals surface area contributed by atoms with E-state index < -0.39 is 0 Å². The van der Waals surface area contributed by atoms with E-state index in [2.05, 4.69) is 21.2 Å². The first-order valence-electron chi connectivity index (χ1n) is 9.89. The number of amides is 1. The average Bonchev–Trinajstić information content (AvgIpc) is 3.21. The van der Waals surface area contributed by atoms with Gasteiger partial charge in [0.25, 0.3) is 0 Å². The molecule has 2 aromatic carbocycles. The molecule has 0 spiro atoms. The summed E-state index contributed by atoms with van der Waals surface area (Å²) in [5, 5.41) is 10.2. The van der Waals surface area contributed by atoms with Crippen molar-refractivity contribution in [2.75, 3.05) is 18.8 Å². The maximum absolute atomic E-state index is 12.6. The number of thiazole rings is 1. The lowest BCUT2D eigenvalue weighted by Gasteiger charge is -2.32. The second kappa shape index (κ2) is 8.57. The van der Waals surface area contributed by atoms with Crippen LogP contribution in [0.4, 0.5) is 0 Å². The molecule has 1 saturated heterocycles. The van der Waals surface area contributed by atoms with E-state index in [4.69, 9.17) is 4.74 Å². The van der Waals surface area contributed by atoms with Gasteiger partial charge in [-0.15, -0.1) is 16.4 Å². The molecule has 0 saturated carbocycles. The first-order valence-corrected chi connectivity index (χ1v) is 11.7. The number of para-hydroxylation sites is 1. The first-order chi connectivity index (χ1) is 14.8. The van der Waals surface area contributed by atoms with Crippen LogP contribution >= 0.6 is 23.1 Å². The summed E-state index contributed by atoms with van der Waals surface area (Å²) in [6.45, 7) is 1.39. The van der Waals surface area contributed by atoms with Gasteiger partial charge < -0.3 is 9.64 Å². The number of likely N-dealkylation sites (tertiary alicyclic amines) is 1. The van der Waals surface area contributed by atoms with E-state index in [1.54, 1.807) is 17.5 Å². The molecule has 30 heavy (non-hydrogen) atoms. The minimum absolute atomic E-state index is 0.0473. The molecule has 0 aliphatic carbocycles. The molecule has 5 rings (SSSR count). The molecular formula is C22H20N4O2S2. The summed E-state index contributed by atoms with van der Waals surface area (Å²) in [5.41, 5.74) is 0.993. The number of benzene rings is 2. The van der Waals surface area contributed by atoms with Gasteiger partial charge in [0.2, 0.25) is 11.8 Å². The van der Waals surface area contributed by atoms with E-state index in [1.807, 2.05) is 47.4 Å². The largest absolute Gasteiger partial charge is 0.473 e. The average molecular weight is 437 g/mol. The van der Waals surface area contributed by atoms with Gasteiger partial charge in [-0.3, -0.25) is 4.79 Å². The van der Waals surface area contributed by atoms with E-state index in [1.165, 1.54) is 11.8 Å². The van der Waals surface area contributed by atoms with Crippen LogP contribution in [-0.4, -0.2) is 50.9 Å². The Morgan fingerprint density at radius 3 is 2.80 bits per heavy atom. The third kappa shape index (κ3) is 4.11. The summed E-state index contributed by atoms with van der Waals surface area (Å²) in [4.78, 5) is 19.2. The lowest BCUT2D eigenvalue weighted by atomic mass is 10.1. The number of fused-ring (bicyclic) bond motifs is 2. The number of ether oxygens (including phenoxy) is 1. The predicted molar refractivity (Wildman–Crippen MR) is 120 cm³/mol. The van der Waals surface area contributed by atoms with Crippen molar-refractivity contribution in [3.8, 4) is 5.88 Å². The van der Waals surface area contributed by atoms with E-state index in [0.29, 0.717) is 24.7 Å². The minimum Gasteiger partial charge on any atom is -0.473 e. The molecule has 0 unspecified atom stereocenters. The van der Waals surface area contributed by atoms with Gasteiger partial charge in [0, 0.05) is 36.7 Å². The summed E-state index contributed by atoms with van der Waals surface area (Å²) < 4.78 is 8.23. The predicted octanol–water partition coefficient (Wildman–Crippen LogP) is 4.40. The number of carbonyl (C=O) groups is 1. The van der Waals surface area contributed by atoms with Crippen molar-refractivity contribution < 1.29 is 9.53 Å². The second-order valence-corrected chi connectivity index (χ2v) is 9.42. The van der Waals surface area contributed by atoms with Crippen LogP contribution in [0.2, 0.25) is 0 Å². The van der Waals surface area contributed by atoms with Crippen LogP contribution in [0.5, 0.6) is 5.88 Å². The van der Waals surface area contributed by atoms with Crippen LogP contribution < -0.4 is 4.74 Å². The third-order valence-corrected chi connectivity index (χ3v) is 7.37. The number of carbonyl (C=O) groups excluding carboxylic acids is 1. The zero-order valence-electron chi connectivity index (χ0n) is 16.2. The highest BCUT2D eigenvalue weighted by molar-refractivity contribution is 8.01. The van der Waals surface area contributed by atoms with Crippen LogP contribution in [0.15, 0.2) is 59.1 Å². The quantitative estimate of drug-likeness (QED) is 0.432. The Balaban J connectivity index is 1.15. The van der Waals surface area contributed by atoms with E-state index in [-0.39, 0.29) is 12.0 Å². The zero-order chi connectivity index (χ0) is 20.3. The molecule has 0 atom stereocenters. The molecule has 1 amide bonds. The molecule has 152 valence electrons. The fourth-order valence-electron chi connectivity index (χ4n) is 3.60. The number of thioether (sulfide) groups is 1. The monoisotopic (exact) mass is 436 g/mol. The molecule has 8 heteroatoms. The summed E-state index contributed by atoms with van der Waals surface area (Å²) in [5.74, 6) is 1.15. The molecule has 1 fully saturated rings. The molecule has 4 aromatic rings. The van der Waals surface area contributed by atoms with E-state index in [9.17, 15) is 4.79 Å². The second-order valence-electron chi connectivity index (χ2n) is 7.17. The SMILES string of the molecule is O=C(CSc1nc2ccccc2s1)N1CCC(Oc2nncc3ccccc23)CC1. The van der Waals surface area contributed by atoms with Gasteiger partial charge in [-0.05, 0) is 18.2 Å². The fraction of sp³-hybridized carbons (Fsp3) is 0.273. The minimum atomic E-state index is 0.0473. The Kier molecular flexibility index (Phi) is 5.50. The zero-order valence-corrected chi connectivity index (χ0v) is 17.9. The number of hydrogen-bond donors (Lipinski definition) is 0. The number of piperidine rings is 1. The van der Waals surface area contributed by atoms with Gasteiger partial charge in [0.05, 0.1) is 22.2 Å². The van der Waals surface area contributed by atoms with E-state index in [0.717, 1.165) is 38.2 Å². The van der Waals surface area contributed by atoms with E-state index >= 15 is 0 Å². The highest BCUT2D eigenvalue weighted by Gasteiger charge is 2.25. The Bertz CT molecular complexity index is 1150. The van der Waals surface area contributed by atoms with Crippen molar-refractivity contribution in [3.63, 3.8) is 0 Å². The maximum atomic E-state index is 12.6. The molecule has 1 aliphatic heterocycles. The first kappa shape index (κ1) is 19.3. The van der Waals surface area contributed by atoms with Crippen molar-refractivity contribution in [1.29, 1.82) is 0 Å². The van der Waals surface area contributed by atoms with Crippen LogP contribution in [0.3, 0.4) is 0 Å².